The number of hydrogen-bond acceptors (Lipinski definition) is 1. The zero-order valence-electron chi connectivity index (χ0n) is 2.83. The minimum absolute atomic E-state index is 0. The zero-order chi connectivity index (χ0) is 2.00. The first-order chi connectivity index (χ1) is 1.00. The average molecular weight is 74.4 g/mol. The third-order valence-corrected chi connectivity index (χ3v) is 0. The van der Waals surface area contributed by atoms with E-state index in [1.165, 1.54) is 0 Å². The molecule has 0 aromatic carbocycles. The van der Waals surface area contributed by atoms with Gasteiger partial charge in [-0.25, -0.2) is 0 Å². The largest absolute Gasteiger partial charge is 1.00 e. The Labute approximate surface area is 44.0 Å². The van der Waals surface area contributed by atoms with Gasteiger partial charge in [0.2, 0.25) is 0 Å². The third-order valence-electron chi connectivity index (χ3n) is 0. The molecule has 3 heteroatoms. The van der Waals surface area contributed by atoms with Gasteiger partial charge in [0.05, 0.1) is 0 Å². The molecule has 1 nitrogen and oxygen atoms in total. The second-order valence-electron chi connectivity index (χ2n) is 0. The van der Waals surface area contributed by atoms with Crippen molar-refractivity contribution < 1.29 is 36.4 Å². The van der Waals surface area contributed by atoms with Crippen molar-refractivity contribution in [3.05, 3.63) is 0 Å². The Bertz CT molecular complexity index is 8.00. The van der Waals surface area contributed by atoms with E-state index < -0.39 is 0 Å². The predicted octanol–water partition coefficient (Wildman–Crippen LogP) is -6.38. The maximum atomic E-state index is 7.00. The molecule has 0 atom stereocenters. The van der Waals surface area contributed by atoms with E-state index in [0.29, 0.717) is 0 Å². The molecule has 0 fully saturated rings. The van der Waals surface area contributed by atoms with Crippen LogP contribution in [0, 0.1) is 0 Å². The summed E-state index contributed by atoms with van der Waals surface area (Å²) in [6.07, 6.45) is 0. The van der Waals surface area contributed by atoms with Gasteiger partial charge in [-0.05, 0) is 0 Å². The van der Waals surface area contributed by atoms with Gasteiger partial charge in [-0.3, -0.25) is 0 Å². The van der Waals surface area contributed by atoms with E-state index in [4.69, 9.17) is 5.11 Å². The second-order valence-corrected chi connectivity index (χ2v) is 0. The third kappa shape index (κ3) is 13.5. The summed E-state index contributed by atoms with van der Waals surface area (Å²) < 4.78 is 0. The van der Waals surface area contributed by atoms with Gasteiger partial charge in [-0.2, -0.15) is 0 Å². The van der Waals surface area contributed by atoms with Crippen LogP contribution < -0.4 is 31.3 Å². The van der Waals surface area contributed by atoms with Crippen molar-refractivity contribution in [1.29, 1.82) is 0 Å². The molecule has 0 saturated heterocycles. The Morgan fingerprint density at radius 1 is 1.25 bits per heavy atom. The maximum Gasteiger partial charge on any atom is 1.00 e. The Balaban J connectivity index is -0.00000000500. The molecule has 0 bridgehead atoms. The van der Waals surface area contributed by atoms with Gasteiger partial charge < -0.3 is 17.5 Å². The minimum Gasteiger partial charge on any atom is -1.00 e. The molecule has 0 aliphatic rings. The average Bonchev–Trinajstić information content (AvgIpc) is 1.00. The van der Waals surface area contributed by atoms with E-state index in [1.807, 2.05) is 0 Å². The number of aliphatic hydroxyl groups is 1. The molecule has 0 unspecified atom stereocenters. The fourth-order valence-corrected chi connectivity index (χ4v) is 0. The van der Waals surface area contributed by atoms with E-state index in [2.05, 4.69) is 0 Å². The van der Waals surface area contributed by atoms with Crippen molar-refractivity contribution in [2.24, 2.45) is 0 Å². The van der Waals surface area contributed by atoms with Crippen LogP contribution in [0.2, 0.25) is 0 Å². The van der Waals surface area contributed by atoms with Crippen LogP contribution in [0.1, 0.15) is 0 Å². The van der Waals surface area contributed by atoms with Crippen molar-refractivity contribution in [1.82, 2.24) is 0 Å². The molecule has 0 aliphatic heterocycles. The zero-order valence-corrected chi connectivity index (χ0v) is 3.58. The molecule has 4 heavy (non-hydrogen) atoms. The Morgan fingerprint density at radius 3 is 1.25 bits per heavy atom. The molecule has 1 N–H and O–H groups in total. The molecule has 0 aliphatic carbocycles. The van der Waals surface area contributed by atoms with Crippen LogP contribution in [0.25, 0.3) is 0 Å². The molecule has 0 radical (unpaired) electrons. The van der Waals surface area contributed by atoms with Gasteiger partial charge >= 0.3 is 18.9 Å². The van der Waals surface area contributed by atoms with Gasteiger partial charge in [0.15, 0.2) is 0 Å². The van der Waals surface area contributed by atoms with E-state index in [9.17, 15) is 0 Å². The van der Waals surface area contributed by atoms with Crippen LogP contribution in [-0.4, -0.2) is 12.2 Å². The summed E-state index contributed by atoms with van der Waals surface area (Å²) in [5, 5.41) is 7.00. The summed E-state index contributed by atoms with van der Waals surface area (Å²) in [5.41, 5.74) is 0. The monoisotopic (exact) mass is 74.0 g/mol. The predicted molar refractivity (Wildman–Crippen MR) is 8.14 cm³/mol. The molecule has 22 valence electrons. The van der Waals surface area contributed by atoms with E-state index in [1.54, 1.807) is 0 Å². The summed E-state index contributed by atoms with van der Waals surface area (Å²) in [6, 6.07) is 0. The molecule has 0 saturated carbocycles. The van der Waals surface area contributed by atoms with Crippen molar-refractivity contribution in [2.45, 2.75) is 0 Å². The Kier molecular flexibility index (Phi) is 228. The number of rotatable bonds is 0. The van der Waals surface area contributed by atoms with Crippen LogP contribution in [0.5, 0.6) is 0 Å². The maximum absolute atomic E-state index is 7.00. The first-order valence-corrected chi connectivity index (χ1v) is 0.447. The topological polar surface area (TPSA) is 20.2 Å². The first kappa shape index (κ1) is 21.0. The molecular formula is CH4ClLiO. The fraction of sp³-hybridized carbons (Fsp3) is 1.00. The SMILES string of the molecule is CO.[Cl-].[Li+]. The van der Waals surface area contributed by atoms with Crippen molar-refractivity contribution in [3.63, 3.8) is 0 Å². The molecule has 0 spiro atoms. The number of hydrogen-bond donors (Lipinski definition) is 1. The summed E-state index contributed by atoms with van der Waals surface area (Å²) in [5.74, 6) is 0. The molecule has 0 heterocycles. The van der Waals surface area contributed by atoms with Crippen LogP contribution in [0.15, 0.2) is 0 Å². The van der Waals surface area contributed by atoms with Gasteiger partial charge in [-0.15, -0.1) is 0 Å². The van der Waals surface area contributed by atoms with Crippen LogP contribution in [-0.2, 0) is 0 Å². The molecule has 0 aromatic rings. The summed E-state index contributed by atoms with van der Waals surface area (Å²) in [7, 11) is 1.00. The normalized spacial score (nSPS) is 1.50. The summed E-state index contributed by atoms with van der Waals surface area (Å²) in [6.45, 7) is 0. The smallest absolute Gasteiger partial charge is 1.00 e. The minimum atomic E-state index is 0. The summed E-state index contributed by atoms with van der Waals surface area (Å²) >= 11 is 0. The van der Waals surface area contributed by atoms with E-state index in [-0.39, 0.29) is 31.3 Å². The van der Waals surface area contributed by atoms with Gasteiger partial charge in [0.1, 0.15) is 0 Å². The molecule has 0 rings (SSSR count). The molecule has 0 aromatic heterocycles. The summed E-state index contributed by atoms with van der Waals surface area (Å²) in [4.78, 5) is 0. The van der Waals surface area contributed by atoms with Crippen LogP contribution in [0.4, 0.5) is 0 Å². The standard InChI is InChI=1S/CH4O.ClH.Li/c1-2;;/h2H,1H3;1H;/q;;+1/p-1. The Hall–Kier alpha value is 0.847. The van der Waals surface area contributed by atoms with E-state index >= 15 is 0 Å². The molecule has 0 amide bonds. The van der Waals surface area contributed by atoms with Crippen LogP contribution >= 0.6 is 0 Å². The van der Waals surface area contributed by atoms with Gasteiger partial charge in [-0.1, -0.05) is 0 Å². The van der Waals surface area contributed by atoms with Gasteiger partial charge in [0, 0.05) is 7.11 Å². The van der Waals surface area contributed by atoms with Crippen molar-refractivity contribution in [2.75, 3.05) is 7.11 Å². The second kappa shape index (κ2) is 43.4. The molecular weight excluding hydrogens is 70.4 g/mol. The number of aliphatic hydroxyl groups excluding tert-OH is 1. The van der Waals surface area contributed by atoms with Crippen LogP contribution in [0.3, 0.4) is 0 Å². The van der Waals surface area contributed by atoms with E-state index in [0.717, 1.165) is 7.11 Å². The first-order valence-electron chi connectivity index (χ1n) is 0.447. The fourth-order valence-electron chi connectivity index (χ4n) is 0. The quantitative estimate of drug-likeness (QED) is 0.284. The van der Waals surface area contributed by atoms with Gasteiger partial charge in [0.25, 0.3) is 0 Å². The van der Waals surface area contributed by atoms with Crippen molar-refractivity contribution in [3.8, 4) is 0 Å². The number of halogens is 1. The Morgan fingerprint density at radius 2 is 1.25 bits per heavy atom. The van der Waals surface area contributed by atoms with Crippen molar-refractivity contribution >= 4 is 0 Å².